The third kappa shape index (κ3) is 2.09. The quantitative estimate of drug-likeness (QED) is 0.231. The van der Waals surface area contributed by atoms with Crippen molar-refractivity contribution in [3.8, 4) is 12.1 Å². The third-order valence-corrected chi connectivity index (χ3v) is 10.5. The number of hydrogen-bond donors (Lipinski definition) is 0. The first-order chi connectivity index (χ1) is 14.7. The van der Waals surface area contributed by atoms with Crippen molar-refractivity contribution >= 4 is 104 Å². The van der Waals surface area contributed by atoms with Crippen LogP contribution in [0.15, 0.2) is 48.5 Å². The first-order valence-electron chi connectivity index (χ1n) is 9.21. The molecule has 0 bridgehead atoms. The topological polar surface area (TPSA) is 47.6 Å². The molecule has 138 valence electrons. The van der Waals surface area contributed by atoms with Gasteiger partial charge in [-0.2, -0.15) is 10.5 Å². The van der Waals surface area contributed by atoms with Crippen LogP contribution in [0.2, 0.25) is 0 Å². The summed E-state index contributed by atoms with van der Waals surface area (Å²) in [5, 5.41) is 23.5. The number of thiophene rings is 4. The number of fused-ring (bicyclic) bond motifs is 10. The van der Waals surface area contributed by atoms with Gasteiger partial charge >= 0.3 is 0 Å². The molecule has 0 aliphatic carbocycles. The van der Waals surface area contributed by atoms with Crippen molar-refractivity contribution in [1.29, 1.82) is 10.5 Å². The fourth-order valence-corrected chi connectivity index (χ4v) is 9.56. The molecule has 0 N–H and O–H groups in total. The van der Waals surface area contributed by atoms with E-state index in [1.807, 2.05) is 46.9 Å². The summed E-state index contributed by atoms with van der Waals surface area (Å²) in [7, 11) is 0. The van der Waals surface area contributed by atoms with Gasteiger partial charge in [0.05, 0.1) is 42.1 Å². The number of rotatable bonds is 0. The molecule has 0 aliphatic heterocycles. The fourth-order valence-electron chi connectivity index (χ4n) is 4.15. The van der Waals surface area contributed by atoms with Crippen molar-refractivity contribution in [2.24, 2.45) is 0 Å². The Balaban J connectivity index is 1.57. The first-order valence-corrected chi connectivity index (χ1v) is 12.5. The van der Waals surface area contributed by atoms with Crippen LogP contribution in [-0.2, 0) is 0 Å². The highest BCUT2D eigenvalue weighted by Gasteiger charge is 2.17. The maximum atomic E-state index is 9.21. The Bertz CT molecular complexity index is 1790. The van der Waals surface area contributed by atoms with E-state index < -0.39 is 0 Å². The molecule has 0 radical (unpaired) electrons. The van der Waals surface area contributed by atoms with Gasteiger partial charge in [-0.05, 0) is 36.4 Å². The van der Waals surface area contributed by atoms with E-state index in [1.165, 1.54) is 59.1 Å². The molecule has 0 fully saturated rings. The molecule has 3 aromatic carbocycles. The van der Waals surface area contributed by atoms with Crippen molar-refractivity contribution in [3.05, 3.63) is 59.7 Å². The Morgan fingerprint density at radius 3 is 1.23 bits per heavy atom. The molecule has 0 spiro atoms. The lowest BCUT2D eigenvalue weighted by Crippen LogP contribution is -1.70. The molecule has 0 saturated heterocycles. The van der Waals surface area contributed by atoms with Gasteiger partial charge in [-0.25, -0.2) is 0 Å². The SMILES string of the molecule is N#Cc1ccc2c(c1)sc1c3cc4sc5c6ccc(C#N)cc6sc5c4cc3sc21. The summed E-state index contributed by atoms with van der Waals surface area (Å²) in [4.78, 5) is 0. The predicted octanol–water partition coefficient (Wildman–Crippen LogP) is 8.60. The number of nitrogens with zero attached hydrogens (tertiary/aromatic N) is 2. The maximum Gasteiger partial charge on any atom is 0.0992 e. The third-order valence-electron chi connectivity index (χ3n) is 5.54. The lowest BCUT2D eigenvalue weighted by atomic mass is 10.1. The first kappa shape index (κ1) is 16.8. The molecule has 30 heavy (non-hydrogen) atoms. The van der Waals surface area contributed by atoms with Crippen LogP contribution in [0, 0.1) is 22.7 Å². The Hall–Kier alpha value is -3.00. The molecule has 4 heterocycles. The van der Waals surface area contributed by atoms with Crippen LogP contribution in [0.5, 0.6) is 0 Å². The van der Waals surface area contributed by atoms with Crippen molar-refractivity contribution in [2.45, 2.75) is 0 Å². The smallest absolute Gasteiger partial charge is 0.0992 e. The van der Waals surface area contributed by atoms with Crippen LogP contribution < -0.4 is 0 Å². The Labute approximate surface area is 186 Å². The van der Waals surface area contributed by atoms with E-state index in [1.54, 1.807) is 22.7 Å². The molecule has 7 rings (SSSR count). The largest absolute Gasteiger partial charge is 0.192 e. The monoisotopic (exact) mass is 452 g/mol. The highest BCUT2D eigenvalue weighted by Crippen LogP contribution is 2.49. The Morgan fingerprint density at radius 2 is 0.833 bits per heavy atom. The zero-order chi connectivity index (χ0) is 20.0. The summed E-state index contributed by atoms with van der Waals surface area (Å²) in [5.74, 6) is 0. The molecular weight excluding hydrogens is 445 g/mol. The molecule has 2 nitrogen and oxygen atoms in total. The minimum absolute atomic E-state index is 0.716. The zero-order valence-electron chi connectivity index (χ0n) is 15.1. The second kappa shape index (κ2) is 5.78. The highest BCUT2D eigenvalue weighted by molar-refractivity contribution is 7.38. The molecule has 0 saturated carbocycles. The predicted molar refractivity (Wildman–Crippen MR) is 132 cm³/mol. The van der Waals surface area contributed by atoms with Crippen LogP contribution >= 0.6 is 45.3 Å². The summed E-state index contributed by atoms with van der Waals surface area (Å²) in [6.07, 6.45) is 0. The van der Waals surface area contributed by atoms with Gasteiger partial charge in [0.1, 0.15) is 0 Å². The molecule has 0 atom stereocenters. The van der Waals surface area contributed by atoms with E-state index in [2.05, 4.69) is 36.4 Å². The summed E-state index contributed by atoms with van der Waals surface area (Å²) in [6.45, 7) is 0. The van der Waals surface area contributed by atoms with Crippen LogP contribution in [0.25, 0.3) is 59.1 Å². The second-order valence-corrected chi connectivity index (χ2v) is 11.4. The molecule has 0 amide bonds. The number of benzene rings is 3. The fraction of sp³-hybridized carbons (Fsp3) is 0. The van der Waals surface area contributed by atoms with Gasteiger partial charge in [-0.1, -0.05) is 12.1 Å². The van der Waals surface area contributed by atoms with Gasteiger partial charge in [-0.3, -0.25) is 0 Å². The molecule has 0 aliphatic rings. The summed E-state index contributed by atoms with van der Waals surface area (Å²) < 4.78 is 10.3. The molecular formula is C24H8N2S4. The van der Waals surface area contributed by atoms with Gasteiger partial charge in [0, 0.05) is 40.3 Å². The normalized spacial score (nSPS) is 11.9. The summed E-state index contributed by atoms with van der Waals surface area (Å²) in [6, 6.07) is 21.2. The minimum atomic E-state index is 0.716. The average Bonchev–Trinajstić information content (AvgIpc) is 3.49. The van der Waals surface area contributed by atoms with Gasteiger partial charge in [-0.15, -0.1) is 45.3 Å². The second-order valence-electron chi connectivity index (χ2n) is 7.21. The molecule has 4 aromatic heterocycles. The van der Waals surface area contributed by atoms with E-state index >= 15 is 0 Å². The van der Waals surface area contributed by atoms with Gasteiger partial charge in [0.2, 0.25) is 0 Å². The molecule has 7 aromatic rings. The van der Waals surface area contributed by atoms with Gasteiger partial charge in [0.25, 0.3) is 0 Å². The van der Waals surface area contributed by atoms with E-state index in [0.717, 1.165) is 0 Å². The summed E-state index contributed by atoms with van der Waals surface area (Å²) >= 11 is 7.26. The molecule has 0 unspecified atom stereocenters. The van der Waals surface area contributed by atoms with Crippen molar-refractivity contribution in [3.63, 3.8) is 0 Å². The average molecular weight is 453 g/mol. The van der Waals surface area contributed by atoms with Crippen LogP contribution in [-0.4, -0.2) is 0 Å². The Morgan fingerprint density at radius 1 is 0.467 bits per heavy atom. The lowest BCUT2D eigenvalue weighted by Gasteiger charge is -1.94. The Kier molecular flexibility index (Phi) is 3.23. The van der Waals surface area contributed by atoms with Crippen LogP contribution in [0.1, 0.15) is 11.1 Å². The van der Waals surface area contributed by atoms with E-state index in [4.69, 9.17) is 0 Å². The zero-order valence-corrected chi connectivity index (χ0v) is 18.4. The number of nitriles is 2. The summed E-state index contributed by atoms with van der Waals surface area (Å²) in [5.41, 5.74) is 1.43. The van der Waals surface area contributed by atoms with E-state index in [9.17, 15) is 10.5 Å². The highest BCUT2D eigenvalue weighted by atomic mass is 32.1. The van der Waals surface area contributed by atoms with Crippen LogP contribution in [0.4, 0.5) is 0 Å². The van der Waals surface area contributed by atoms with E-state index in [-0.39, 0.29) is 0 Å². The van der Waals surface area contributed by atoms with Crippen molar-refractivity contribution < 1.29 is 0 Å². The van der Waals surface area contributed by atoms with Gasteiger partial charge < -0.3 is 0 Å². The number of hydrogen-bond acceptors (Lipinski definition) is 6. The van der Waals surface area contributed by atoms with Crippen LogP contribution in [0.3, 0.4) is 0 Å². The van der Waals surface area contributed by atoms with Crippen molar-refractivity contribution in [1.82, 2.24) is 0 Å². The maximum absolute atomic E-state index is 9.21. The van der Waals surface area contributed by atoms with Gasteiger partial charge in [0.15, 0.2) is 0 Å². The standard InChI is InChI=1S/C24H8N2S4/c25-9-11-1-3-13-17(5-11)27-23-15-7-20-16(8-19(15)29-21(13)23)24-22(30-20)14-4-2-12(10-26)6-18(14)28-24/h1-8H. The minimum Gasteiger partial charge on any atom is -0.192 e. The van der Waals surface area contributed by atoms with E-state index in [0.29, 0.717) is 11.1 Å². The molecule has 6 heteroatoms. The van der Waals surface area contributed by atoms with Crippen molar-refractivity contribution in [2.75, 3.05) is 0 Å². The lowest BCUT2D eigenvalue weighted by molar-refractivity contribution is 1.50.